The van der Waals surface area contributed by atoms with Crippen LogP contribution in [-0.4, -0.2) is 50.6 Å². The molecule has 148 valence electrons. The predicted molar refractivity (Wildman–Crippen MR) is 101 cm³/mol. The number of imide groups is 1. The van der Waals surface area contributed by atoms with E-state index in [1.807, 2.05) is 0 Å². The average Bonchev–Trinajstić information content (AvgIpc) is 2.83. The van der Waals surface area contributed by atoms with Crippen molar-refractivity contribution in [2.75, 3.05) is 0 Å². The number of nitrogens with zero attached hydrogens (tertiary/aromatic N) is 2. The predicted octanol–water partition coefficient (Wildman–Crippen LogP) is 2.69. The second-order valence-electron chi connectivity index (χ2n) is 7.90. The van der Waals surface area contributed by atoms with Crippen LogP contribution in [0.3, 0.4) is 0 Å². The van der Waals surface area contributed by atoms with Crippen LogP contribution in [0.2, 0.25) is 0 Å². The number of carbonyl (C=O) groups is 4. The molecule has 0 aliphatic carbocycles. The number of likely N-dealkylation sites (tertiary alicyclic amines) is 1. The summed E-state index contributed by atoms with van der Waals surface area (Å²) in [5, 5.41) is 0. The molecular formula is C20H21ClN2O5. The van der Waals surface area contributed by atoms with Gasteiger partial charge in [-0.1, -0.05) is 23.7 Å². The minimum absolute atomic E-state index is 0.0211. The number of hydrogen-bond acceptors (Lipinski definition) is 5. The second kappa shape index (κ2) is 6.74. The van der Waals surface area contributed by atoms with E-state index in [2.05, 4.69) is 0 Å². The van der Waals surface area contributed by atoms with Crippen molar-refractivity contribution in [3.05, 3.63) is 46.7 Å². The molecule has 0 spiro atoms. The highest BCUT2D eigenvalue weighted by molar-refractivity contribution is 6.30. The van der Waals surface area contributed by atoms with E-state index in [1.165, 1.54) is 12.1 Å². The van der Waals surface area contributed by atoms with Crippen LogP contribution in [0.5, 0.6) is 0 Å². The highest BCUT2D eigenvalue weighted by Crippen LogP contribution is 2.38. The summed E-state index contributed by atoms with van der Waals surface area (Å²) in [7, 11) is 0. The number of carbonyl (C=O) groups excluding carboxylic acids is 4. The van der Waals surface area contributed by atoms with Crippen molar-refractivity contribution in [2.45, 2.75) is 51.8 Å². The fourth-order valence-electron chi connectivity index (χ4n) is 3.24. The van der Waals surface area contributed by atoms with Crippen molar-refractivity contribution < 1.29 is 23.9 Å². The van der Waals surface area contributed by atoms with E-state index in [-0.39, 0.29) is 16.8 Å². The van der Waals surface area contributed by atoms with Gasteiger partial charge in [0.2, 0.25) is 0 Å². The molecular weight excluding hydrogens is 384 g/mol. The maximum absolute atomic E-state index is 12.9. The van der Waals surface area contributed by atoms with E-state index in [1.54, 1.807) is 46.8 Å². The molecule has 7 nitrogen and oxygen atoms in total. The summed E-state index contributed by atoms with van der Waals surface area (Å²) in [5.74, 6) is -2.43. The molecule has 0 radical (unpaired) electrons. The van der Waals surface area contributed by atoms with Gasteiger partial charge in [-0.25, -0.2) is 4.79 Å². The van der Waals surface area contributed by atoms with Gasteiger partial charge in [-0.3, -0.25) is 24.2 Å². The summed E-state index contributed by atoms with van der Waals surface area (Å²) in [5.41, 5.74) is -0.793. The lowest BCUT2D eigenvalue weighted by atomic mass is 10.0. The number of allylic oxidation sites excluding steroid dienone is 1. The van der Waals surface area contributed by atoms with Crippen molar-refractivity contribution >= 4 is 35.3 Å². The second-order valence-corrected chi connectivity index (χ2v) is 8.35. The molecule has 28 heavy (non-hydrogen) atoms. The summed E-state index contributed by atoms with van der Waals surface area (Å²) < 4.78 is 5.37. The number of amides is 3. The molecule has 1 saturated heterocycles. The van der Waals surface area contributed by atoms with Gasteiger partial charge in [-0.2, -0.15) is 0 Å². The van der Waals surface area contributed by atoms with Gasteiger partial charge >= 0.3 is 5.97 Å². The molecule has 0 aromatic heterocycles. The molecule has 0 unspecified atom stereocenters. The number of esters is 1. The summed E-state index contributed by atoms with van der Waals surface area (Å²) in [4.78, 5) is 52.7. The Morgan fingerprint density at radius 1 is 1.04 bits per heavy atom. The average molecular weight is 405 g/mol. The summed E-state index contributed by atoms with van der Waals surface area (Å²) in [6.45, 7) is 8.46. The standard InChI is InChI=1S/C20H21ClN2O5/c1-10(2)13(19(27)28-20(3,4)5)22-15(21)14(18(22)26)23-16(24)11-8-6-7-9-12(11)17(23)25/h6-9,14-15H,1-5H3/t14-,15+/m1/s1. The molecule has 0 bridgehead atoms. The fourth-order valence-corrected chi connectivity index (χ4v) is 3.65. The van der Waals surface area contributed by atoms with E-state index >= 15 is 0 Å². The molecule has 0 saturated carbocycles. The largest absolute Gasteiger partial charge is 0.455 e. The highest BCUT2D eigenvalue weighted by Gasteiger charge is 2.58. The number of ether oxygens (including phenoxy) is 1. The normalized spacial score (nSPS) is 21.4. The molecule has 1 aromatic rings. The van der Waals surface area contributed by atoms with Gasteiger partial charge < -0.3 is 4.74 Å². The Balaban J connectivity index is 1.88. The Labute approximate surface area is 167 Å². The SMILES string of the molecule is CC(C)=C(C(=O)OC(C)(C)C)N1C(=O)[C@H](N2C(=O)c3ccccc3C2=O)[C@H]1Cl. The highest BCUT2D eigenvalue weighted by atomic mass is 35.5. The van der Waals surface area contributed by atoms with Crippen LogP contribution in [0.25, 0.3) is 0 Å². The van der Waals surface area contributed by atoms with Crippen LogP contribution < -0.4 is 0 Å². The zero-order valence-electron chi connectivity index (χ0n) is 16.3. The molecule has 1 fully saturated rings. The Kier molecular flexibility index (Phi) is 4.83. The van der Waals surface area contributed by atoms with Crippen LogP contribution in [0, 0.1) is 0 Å². The zero-order chi connectivity index (χ0) is 21.0. The number of hydrogen-bond donors (Lipinski definition) is 0. The summed E-state index contributed by atoms with van der Waals surface area (Å²) >= 11 is 6.40. The van der Waals surface area contributed by atoms with Crippen LogP contribution in [0.4, 0.5) is 0 Å². The lowest BCUT2D eigenvalue weighted by Gasteiger charge is -2.47. The van der Waals surface area contributed by atoms with E-state index in [0.29, 0.717) is 5.57 Å². The van der Waals surface area contributed by atoms with Gasteiger partial charge in [-0.15, -0.1) is 0 Å². The van der Waals surface area contributed by atoms with Gasteiger partial charge in [-0.05, 0) is 52.3 Å². The van der Waals surface area contributed by atoms with E-state index in [9.17, 15) is 19.2 Å². The Morgan fingerprint density at radius 3 is 1.93 bits per heavy atom. The van der Waals surface area contributed by atoms with Gasteiger partial charge in [0, 0.05) is 0 Å². The first-order valence-corrected chi connectivity index (χ1v) is 9.24. The molecule has 1 aromatic carbocycles. The third kappa shape index (κ3) is 3.09. The van der Waals surface area contributed by atoms with Crippen LogP contribution >= 0.6 is 11.6 Å². The van der Waals surface area contributed by atoms with E-state index in [4.69, 9.17) is 16.3 Å². The minimum Gasteiger partial charge on any atom is -0.455 e. The number of rotatable bonds is 3. The summed E-state index contributed by atoms with van der Waals surface area (Å²) in [6, 6.07) is 5.17. The molecule has 3 amide bonds. The van der Waals surface area contributed by atoms with Gasteiger partial charge in [0.05, 0.1) is 11.1 Å². The first kappa shape index (κ1) is 20.1. The number of fused-ring (bicyclic) bond motifs is 1. The first-order chi connectivity index (χ1) is 13.0. The quantitative estimate of drug-likeness (QED) is 0.193. The lowest BCUT2D eigenvalue weighted by Crippen LogP contribution is -2.69. The van der Waals surface area contributed by atoms with E-state index in [0.717, 1.165) is 9.80 Å². The van der Waals surface area contributed by atoms with Crippen molar-refractivity contribution in [3.8, 4) is 0 Å². The zero-order valence-corrected chi connectivity index (χ0v) is 17.0. The van der Waals surface area contributed by atoms with Crippen molar-refractivity contribution in [3.63, 3.8) is 0 Å². The van der Waals surface area contributed by atoms with Gasteiger partial charge in [0.1, 0.15) is 16.8 Å². The molecule has 2 aliphatic rings. The van der Waals surface area contributed by atoms with Crippen molar-refractivity contribution in [2.24, 2.45) is 0 Å². The molecule has 0 N–H and O–H groups in total. The number of alkyl halides is 1. The van der Waals surface area contributed by atoms with E-state index < -0.39 is 40.8 Å². The third-order valence-electron chi connectivity index (χ3n) is 4.41. The number of β-lactam (4-membered cyclic amide) rings is 1. The lowest BCUT2D eigenvalue weighted by molar-refractivity contribution is -0.160. The summed E-state index contributed by atoms with van der Waals surface area (Å²) in [6.07, 6.45) is 0. The fraction of sp³-hybridized carbons (Fsp3) is 0.400. The Bertz CT molecular complexity index is 892. The topological polar surface area (TPSA) is 84.0 Å². The Hall–Kier alpha value is -2.67. The smallest absolute Gasteiger partial charge is 0.355 e. The molecule has 3 rings (SSSR count). The molecule has 2 aliphatic heterocycles. The van der Waals surface area contributed by atoms with Crippen LogP contribution in [-0.2, 0) is 14.3 Å². The van der Waals surface area contributed by atoms with Crippen molar-refractivity contribution in [1.29, 1.82) is 0 Å². The molecule has 2 heterocycles. The molecule has 8 heteroatoms. The van der Waals surface area contributed by atoms with Crippen molar-refractivity contribution in [1.82, 2.24) is 9.80 Å². The number of benzene rings is 1. The third-order valence-corrected chi connectivity index (χ3v) is 4.84. The maximum atomic E-state index is 12.9. The van der Waals surface area contributed by atoms with Gasteiger partial charge in [0.15, 0.2) is 6.04 Å². The monoisotopic (exact) mass is 404 g/mol. The number of halogens is 1. The first-order valence-electron chi connectivity index (χ1n) is 8.80. The molecule has 2 atom stereocenters. The van der Waals surface area contributed by atoms with Crippen LogP contribution in [0.15, 0.2) is 35.5 Å². The van der Waals surface area contributed by atoms with Gasteiger partial charge in [0.25, 0.3) is 17.7 Å². The Morgan fingerprint density at radius 2 is 1.54 bits per heavy atom. The van der Waals surface area contributed by atoms with Crippen LogP contribution in [0.1, 0.15) is 55.3 Å². The minimum atomic E-state index is -1.18. The maximum Gasteiger partial charge on any atom is 0.355 e.